The van der Waals surface area contributed by atoms with E-state index in [9.17, 15) is 8.42 Å². The van der Waals surface area contributed by atoms with Gasteiger partial charge in [-0.05, 0) is 48.9 Å². The molecule has 9 heteroatoms. The summed E-state index contributed by atoms with van der Waals surface area (Å²) in [5.41, 5.74) is 4.21. The van der Waals surface area contributed by atoms with Crippen molar-refractivity contribution in [3.05, 3.63) is 71.9 Å². The molecule has 6 rings (SSSR count). The van der Waals surface area contributed by atoms with Crippen LogP contribution in [0.15, 0.2) is 65.7 Å². The number of rotatable bonds is 5. The predicted octanol–water partition coefficient (Wildman–Crippen LogP) is 4.66. The molecule has 4 aromatic rings. The zero-order valence-electron chi connectivity index (χ0n) is 21.1. The van der Waals surface area contributed by atoms with Crippen LogP contribution in [0, 0.1) is 6.92 Å². The summed E-state index contributed by atoms with van der Waals surface area (Å²) in [7, 11) is -3.53. The number of piperazine rings is 1. The first kappa shape index (κ1) is 24.1. The molecule has 8 nitrogen and oxygen atoms in total. The monoisotopic (exact) mass is 516 g/mol. The van der Waals surface area contributed by atoms with E-state index in [0.29, 0.717) is 48.7 Å². The van der Waals surface area contributed by atoms with E-state index in [0.717, 1.165) is 16.8 Å². The molecule has 2 aromatic heterocycles. The molecule has 0 radical (unpaired) electrons. The van der Waals surface area contributed by atoms with Gasteiger partial charge in [-0.25, -0.2) is 13.4 Å². The van der Waals surface area contributed by atoms with E-state index >= 15 is 0 Å². The maximum Gasteiger partial charge on any atom is 0.254 e. The van der Waals surface area contributed by atoms with Gasteiger partial charge in [0.2, 0.25) is 16.0 Å². The van der Waals surface area contributed by atoms with Crippen LogP contribution < -0.4 is 4.90 Å². The van der Waals surface area contributed by atoms with Crippen LogP contribution in [-0.4, -0.2) is 58.5 Å². The minimum Gasteiger partial charge on any atom is -0.337 e. The van der Waals surface area contributed by atoms with Crippen molar-refractivity contribution in [3.63, 3.8) is 0 Å². The highest BCUT2D eigenvalue weighted by Crippen LogP contribution is 2.33. The van der Waals surface area contributed by atoms with E-state index < -0.39 is 10.0 Å². The predicted molar refractivity (Wildman–Crippen MR) is 144 cm³/mol. The van der Waals surface area contributed by atoms with Gasteiger partial charge in [0.25, 0.3) is 5.78 Å². The summed E-state index contributed by atoms with van der Waals surface area (Å²) in [5, 5.41) is 4.79. The standard InChI is InChI=1S/C28H32N6O2S/c1-21-7-5-6-10-26(21)37(35,36)33-19-17-32(18-20-33)28-30-27-29-16-15-25(34(27)31-28)24-13-11-23(12-14-24)22-8-3-2-4-9-22/h5-7,10-16,22H,2-4,8-9,17-20H2,1H3. The molecular formula is C28H32N6O2S. The van der Waals surface area contributed by atoms with Crippen LogP contribution in [0.1, 0.15) is 49.1 Å². The van der Waals surface area contributed by atoms with Gasteiger partial charge in [0.1, 0.15) is 0 Å². The largest absolute Gasteiger partial charge is 0.337 e. The number of anilines is 1. The van der Waals surface area contributed by atoms with Gasteiger partial charge in [-0.1, -0.05) is 61.7 Å². The molecule has 1 saturated heterocycles. The minimum absolute atomic E-state index is 0.373. The van der Waals surface area contributed by atoms with Crippen molar-refractivity contribution in [2.45, 2.75) is 49.8 Å². The summed E-state index contributed by atoms with van der Waals surface area (Å²) in [6.07, 6.45) is 8.34. The highest BCUT2D eigenvalue weighted by Gasteiger charge is 2.30. The van der Waals surface area contributed by atoms with Crippen LogP contribution in [0.2, 0.25) is 0 Å². The van der Waals surface area contributed by atoms with Crippen molar-refractivity contribution in [2.75, 3.05) is 31.1 Å². The zero-order valence-corrected chi connectivity index (χ0v) is 21.9. The molecule has 37 heavy (non-hydrogen) atoms. The molecule has 0 amide bonds. The number of hydrogen-bond donors (Lipinski definition) is 0. The Morgan fingerprint density at radius 2 is 1.59 bits per heavy atom. The average Bonchev–Trinajstić information content (AvgIpc) is 3.39. The summed E-state index contributed by atoms with van der Waals surface area (Å²) in [5.74, 6) is 1.79. The summed E-state index contributed by atoms with van der Waals surface area (Å²) >= 11 is 0. The van der Waals surface area contributed by atoms with Crippen molar-refractivity contribution in [1.29, 1.82) is 0 Å². The van der Waals surface area contributed by atoms with Gasteiger partial charge in [-0.15, -0.1) is 5.10 Å². The number of nitrogens with zero attached hydrogens (tertiary/aromatic N) is 6. The van der Waals surface area contributed by atoms with Crippen LogP contribution in [0.5, 0.6) is 0 Å². The SMILES string of the molecule is Cc1ccccc1S(=O)(=O)N1CCN(c2nc3nccc(-c4ccc(C5CCCCC5)cc4)n3n2)CC1. The maximum absolute atomic E-state index is 13.2. The molecular weight excluding hydrogens is 484 g/mol. The van der Waals surface area contributed by atoms with Crippen LogP contribution in [-0.2, 0) is 10.0 Å². The Morgan fingerprint density at radius 1 is 0.865 bits per heavy atom. The van der Waals surface area contributed by atoms with Crippen LogP contribution in [0.25, 0.3) is 17.0 Å². The van der Waals surface area contributed by atoms with E-state index in [1.807, 2.05) is 30.0 Å². The van der Waals surface area contributed by atoms with E-state index in [1.54, 1.807) is 27.2 Å². The van der Waals surface area contributed by atoms with Gasteiger partial charge in [0, 0.05) is 37.9 Å². The lowest BCUT2D eigenvalue weighted by atomic mass is 9.84. The maximum atomic E-state index is 13.2. The van der Waals surface area contributed by atoms with Gasteiger partial charge >= 0.3 is 0 Å². The van der Waals surface area contributed by atoms with Crippen LogP contribution in [0.4, 0.5) is 5.95 Å². The molecule has 0 spiro atoms. The average molecular weight is 517 g/mol. The summed E-state index contributed by atoms with van der Waals surface area (Å²) in [6.45, 7) is 3.64. The number of aryl methyl sites for hydroxylation is 1. The molecule has 0 unspecified atom stereocenters. The normalized spacial score (nSPS) is 17.9. The number of sulfonamides is 1. The molecule has 1 saturated carbocycles. The Kier molecular flexibility index (Phi) is 6.42. The van der Waals surface area contributed by atoms with Gasteiger partial charge in [0.15, 0.2) is 0 Å². The van der Waals surface area contributed by atoms with Crippen molar-refractivity contribution < 1.29 is 8.42 Å². The number of hydrogen-bond acceptors (Lipinski definition) is 6. The van der Waals surface area contributed by atoms with E-state index in [1.165, 1.54) is 37.7 Å². The highest BCUT2D eigenvalue weighted by molar-refractivity contribution is 7.89. The van der Waals surface area contributed by atoms with Crippen LogP contribution in [0.3, 0.4) is 0 Å². The van der Waals surface area contributed by atoms with Crippen molar-refractivity contribution in [2.24, 2.45) is 0 Å². The number of aromatic nitrogens is 4. The molecule has 192 valence electrons. The molecule has 0 atom stereocenters. The molecule has 1 aliphatic carbocycles. The fraction of sp³-hybridized carbons (Fsp3) is 0.393. The summed E-state index contributed by atoms with van der Waals surface area (Å²) in [6, 6.07) is 18.0. The first-order chi connectivity index (χ1) is 18.0. The Labute approximate surface area is 218 Å². The Bertz CT molecular complexity index is 1500. The van der Waals surface area contributed by atoms with E-state index in [4.69, 9.17) is 5.10 Å². The fourth-order valence-electron chi connectivity index (χ4n) is 5.61. The summed E-state index contributed by atoms with van der Waals surface area (Å²) < 4.78 is 29.7. The molecule has 2 fully saturated rings. The van der Waals surface area contributed by atoms with Crippen molar-refractivity contribution >= 4 is 21.7 Å². The molecule has 1 aliphatic heterocycles. The van der Waals surface area contributed by atoms with Gasteiger partial charge in [-0.3, -0.25) is 0 Å². The molecule has 3 heterocycles. The Morgan fingerprint density at radius 3 is 2.32 bits per heavy atom. The second kappa shape index (κ2) is 9.87. The molecule has 2 aromatic carbocycles. The third kappa shape index (κ3) is 4.62. The van der Waals surface area contributed by atoms with Gasteiger partial charge in [0.05, 0.1) is 10.6 Å². The lowest BCUT2D eigenvalue weighted by molar-refractivity contribution is 0.382. The Balaban J connectivity index is 1.20. The van der Waals surface area contributed by atoms with Gasteiger partial charge < -0.3 is 4.90 Å². The van der Waals surface area contributed by atoms with E-state index in [-0.39, 0.29) is 0 Å². The summed E-state index contributed by atoms with van der Waals surface area (Å²) in [4.78, 5) is 11.5. The zero-order chi connectivity index (χ0) is 25.4. The first-order valence-electron chi connectivity index (χ1n) is 13.1. The van der Waals surface area contributed by atoms with Crippen molar-refractivity contribution in [3.8, 4) is 11.3 Å². The molecule has 0 bridgehead atoms. The lowest BCUT2D eigenvalue weighted by Gasteiger charge is -2.33. The molecule has 0 N–H and O–H groups in total. The van der Waals surface area contributed by atoms with Crippen LogP contribution >= 0.6 is 0 Å². The third-order valence-electron chi connectivity index (χ3n) is 7.75. The smallest absolute Gasteiger partial charge is 0.254 e. The second-order valence-electron chi connectivity index (χ2n) is 10.1. The fourth-order valence-corrected chi connectivity index (χ4v) is 7.26. The number of benzene rings is 2. The second-order valence-corrected chi connectivity index (χ2v) is 12.0. The number of fused-ring (bicyclic) bond motifs is 1. The minimum atomic E-state index is -3.53. The van der Waals surface area contributed by atoms with Gasteiger partial charge in [-0.2, -0.15) is 13.8 Å². The Hall–Kier alpha value is -3.30. The first-order valence-corrected chi connectivity index (χ1v) is 14.6. The lowest BCUT2D eigenvalue weighted by Crippen LogP contribution is -2.49. The topological polar surface area (TPSA) is 83.7 Å². The van der Waals surface area contributed by atoms with Crippen molar-refractivity contribution in [1.82, 2.24) is 23.9 Å². The highest BCUT2D eigenvalue weighted by atomic mass is 32.2. The third-order valence-corrected chi connectivity index (χ3v) is 9.80. The molecule has 2 aliphatic rings. The van der Waals surface area contributed by atoms with E-state index in [2.05, 4.69) is 34.2 Å². The quantitative estimate of drug-likeness (QED) is 0.384.